The monoisotopic (exact) mass is 488 g/mol. The number of carbonyl (C=O) groups excluding carboxylic acids is 1. The van der Waals surface area contributed by atoms with E-state index in [0.717, 1.165) is 37.2 Å². The molecule has 1 heterocycles. The molecule has 0 unspecified atom stereocenters. The van der Waals surface area contributed by atoms with E-state index in [1.165, 1.54) is 18.2 Å². The van der Waals surface area contributed by atoms with Crippen LogP contribution in [0.25, 0.3) is 0 Å². The molecule has 0 radical (unpaired) electrons. The van der Waals surface area contributed by atoms with Crippen molar-refractivity contribution in [2.24, 2.45) is 0 Å². The number of hydrogen-bond acceptors (Lipinski definition) is 4. The Morgan fingerprint density at radius 2 is 1.88 bits per heavy atom. The molecule has 0 aliphatic rings. The van der Waals surface area contributed by atoms with Crippen LogP contribution in [0.3, 0.4) is 0 Å². The van der Waals surface area contributed by atoms with Crippen LogP contribution >= 0.6 is 11.6 Å². The van der Waals surface area contributed by atoms with E-state index in [0.29, 0.717) is 18.7 Å². The van der Waals surface area contributed by atoms with Gasteiger partial charge in [-0.15, -0.1) is 0 Å². The summed E-state index contributed by atoms with van der Waals surface area (Å²) in [6.07, 6.45) is 7.47. The fourth-order valence-corrected chi connectivity index (χ4v) is 4.65. The number of nitrogens with one attached hydrogen (secondary N) is 2. The quantitative estimate of drug-likeness (QED) is 0.379. The molecule has 1 amide bonds. The number of benzene rings is 2. The van der Waals surface area contributed by atoms with Gasteiger partial charge in [-0.05, 0) is 62.1 Å². The van der Waals surface area contributed by atoms with Crippen LogP contribution in [0, 0.1) is 6.92 Å². The highest BCUT2D eigenvalue weighted by atomic mass is 35.5. The first-order chi connectivity index (χ1) is 15.8. The largest absolute Gasteiger partial charge is 0.352 e. The van der Waals surface area contributed by atoms with E-state index < -0.39 is 15.9 Å². The lowest BCUT2D eigenvalue weighted by Crippen LogP contribution is -2.26. The molecule has 2 N–H and O–H groups in total. The smallest absolute Gasteiger partial charge is 0.261 e. The van der Waals surface area contributed by atoms with Crippen molar-refractivity contribution < 1.29 is 13.2 Å². The minimum atomic E-state index is -3.87. The van der Waals surface area contributed by atoms with E-state index in [9.17, 15) is 13.2 Å². The van der Waals surface area contributed by atoms with Gasteiger partial charge in [0.25, 0.3) is 15.9 Å². The van der Waals surface area contributed by atoms with Gasteiger partial charge in [0.05, 0.1) is 15.5 Å². The molecule has 0 fully saturated rings. The molecular weight excluding hydrogens is 460 g/mol. The number of sulfonamides is 1. The summed E-state index contributed by atoms with van der Waals surface area (Å²) in [6.45, 7) is 5.19. The zero-order valence-corrected chi connectivity index (χ0v) is 20.4. The zero-order valence-electron chi connectivity index (χ0n) is 18.8. The molecule has 0 aliphatic carbocycles. The number of amides is 1. The summed E-state index contributed by atoms with van der Waals surface area (Å²) in [7, 11) is -3.87. The third-order valence-corrected chi connectivity index (χ3v) is 7.01. The van der Waals surface area contributed by atoms with Crippen LogP contribution < -0.4 is 10.0 Å². The predicted molar refractivity (Wildman–Crippen MR) is 131 cm³/mol. The molecule has 0 spiro atoms. The molecule has 176 valence electrons. The maximum absolute atomic E-state index is 12.9. The first-order valence-corrected chi connectivity index (χ1v) is 12.8. The van der Waals surface area contributed by atoms with Crippen molar-refractivity contribution in [3.05, 3.63) is 76.8 Å². The number of nitrogens with zero attached hydrogens (tertiary/aromatic N) is 2. The Hall–Kier alpha value is -2.84. The first kappa shape index (κ1) is 24.8. The van der Waals surface area contributed by atoms with E-state index >= 15 is 0 Å². The first-order valence-electron chi connectivity index (χ1n) is 11.0. The van der Waals surface area contributed by atoms with E-state index in [2.05, 4.69) is 21.9 Å². The maximum Gasteiger partial charge on any atom is 0.261 e. The molecule has 0 saturated heterocycles. The Morgan fingerprint density at radius 1 is 1.12 bits per heavy atom. The summed E-state index contributed by atoms with van der Waals surface area (Å²) in [6, 6.07) is 11.4. The van der Waals surface area contributed by atoms with Crippen LogP contribution in [-0.2, 0) is 23.0 Å². The summed E-state index contributed by atoms with van der Waals surface area (Å²) in [4.78, 5) is 16.8. The summed E-state index contributed by atoms with van der Waals surface area (Å²) in [5.74, 6) is 0.491. The van der Waals surface area contributed by atoms with Gasteiger partial charge in [0.15, 0.2) is 0 Å². The minimum Gasteiger partial charge on any atom is -0.352 e. The average Bonchev–Trinajstić information content (AvgIpc) is 3.20. The maximum atomic E-state index is 12.9. The lowest BCUT2D eigenvalue weighted by atomic mass is 10.1. The summed E-state index contributed by atoms with van der Waals surface area (Å²) >= 11 is 6.19. The number of imidazole rings is 1. The second-order valence-corrected chi connectivity index (χ2v) is 9.91. The summed E-state index contributed by atoms with van der Waals surface area (Å²) < 4.78 is 30.3. The van der Waals surface area contributed by atoms with Gasteiger partial charge < -0.3 is 9.88 Å². The van der Waals surface area contributed by atoms with E-state index in [1.54, 1.807) is 18.3 Å². The molecule has 1 aromatic heterocycles. The molecule has 0 saturated carbocycles. The van der Waals surface area contributed by atoms with E-state index in [4.69, 9.17) is 11.6 Å². The third kappa shape index (κ3) is 6.82. The SMILES string of the molecule is CCCCc1ccc(NS(=O)(=O)c2ccc(Cl)c(C(=O)NCCCn3ccnc3C)c2)cc1. The van der Waals surface area contributed by atoms with Crippen LogP contribution in [0.5, 0.6) is 0 Å². The fourth-order valence-electron chi connectivity index (χ4n) is 3.37. The number of anilines is 1. The van der Waals surface area contributed by atoms with Crippen molar-refractivity contribution in [3.63, 3.8) is 0 Å². The molecule has 2 aromatic carbocycles. The van der Waals surface area contributed by atoms with Gasteiger partial charge in [-0.1, -0.05) is 37.1 Å². The summed E-state index contributed by atoms with van der Waals surface area (Å²) in [5, 5.41) is 2.99. The van der Waals surface area contributed by atoms with Crippen molar-refractivity contribution in [3.8, 4) is 0 Å². The van der Waals surface area contributed by atoms with Crippen LogP contribution in [-0.4, -0.2) is 30.4 Å². The molecule has 9 heteroatoms. The van der Waals surface area contributed by atoms with Crippen LogP contribution in [0.1, 0.15) is 47.9 Å². The van der Waals surface area contributed by atoms with Crippen LogP contribution in [0.15, 0.2) is 59.8 Å². The average molecular weight is 489 g/mol. The zero-order chi connectivity index (χ0) is 23.8. The molecule has 0 bridgehead atoms. The standard InChI is InChI=1S/C24H29ClN4O3S/c1-3-4-6-19-7-9-20(10-8-19)28-33(31,32)21-11-12-23(25)22(17-21)24(30)27-13-5-15-29-16-14-26-18(29)2/h7-12,14,16-17,28H,3-6,13,15H2,1-2H3,(H,27,30). The van der Waals surface area contributed by atoms with E-state index in [1.807, 2.05) is 29.8 Å². The molecule has 0 atom stereocenters. The second kappa shape index (κ2) is 11.3. The van der Waals surface area contributed by atoms with Gasteiger partial charge in [0.1, 0.15) is 5.82 Å². The third-order valence-electron chi connectivity index (χ3n) is 5.30. The Bertz CT molecular complexity index is 1190. The van der Waals surface area contributed by atoms with Gasteiger partial charge in [-0.2, -0.15) is 0 Å². The number of halogens is 1. The number of aryl methyl sites for hydroxylation is 3. The number of aromatic nitrogens is 2. The summed E-state index contributed by atoms with van der Waals surface area (Å²) in [5.41, 5.74) is 1.74. The Kier molecular flexibility index (Phi) is 8.52. The van der Waals surface area contributed by atoms with Gasteiger partial charge in [0.2, 0.25) is 0 Å². The Labute approximate surface area is 200 Å². The van der Waals surface area contributed by atoms with Gasteiger partial charge in [0, 0.05) is 31.2 Å². The number of rotatable bonds is 11. The van der Waals surface area contributed by atoms with Crippen molar-refractivity contribution in [2.45, 2.75) is 51.0 Å². The van der Waals surface area contributed by atoms with Gasteiger partial charge in [-0.3, -0.25) is 9.52 Å². The van der Waals surface area contributed by atoms with Crippen molar-refractivity contribution in [1.29, 1.82) is 0 Å². The lowest BCUT2D eigenvalue weighted by molar-refractivity contribution is 0.0952. The molecule has 7 nitrogen and oxygen atoms in total. The number of hydrogen-bond donors (Lipinski definition) is 2. The molecular formula is C24H29ClN4O3S. The topological polar surface area (TPSA) is 93.1 Å². The minimum absolute atomic E-state index is 0.0267. The Morgan fingerprint density at radius 3 is 2.55 bits per heavy atom. The van der Waals surface area contributed by atoms with E-state index in [-0.39, 0.29) is 15.5 Å². The van der Waals surface area contributed by atoms with Crippen molar-refractivity contribution in [2.75, 3.05) is 11.3 Å². The highest BCUT2D eigenvalue weighted by Crippen LogP contribution is 2.23. The molecule has 3 rings (SSSR count). The molecule has 3 aromatic rings. The lowest BCUT2D eigenvalue weighted by Gasteiger charge is -2.12. The van der Waals surface area contributed by atoms with Crippen molar-refractivity contribution >= 4 is 33.2 Å². The highest BCUT2D eigenvalue weighted by Gasteiger charge is 2.19. The highest BCUT2D eigenvalue weighted by molar-refractivity contribution is 7.92. The van der Waals surface area contributed by atoms with Crippen molar-refractivity contribution in [1.82, 2.24) is 14.9 Å². The predicted octanol–water partition coefficient (Wildman–Crippen LogP) is 4.81. The molecule has 0 aliphatic heterocycles. The van der Waals surface area contributed by atoms with Gasteiger partial charge >= 0.3 is 0 Å². The second-order valence-electron chi connectivity index (χ2n) is 7.82. The fraction of sp³-hybridized carbons (Fsp3) is 0.333. The van der Waals surface area contributed by atoms with Crippen LogP contribution in [0.4, 0.5) is 5.69 Å². The molecule has 33 heavy (non-hydrogen) atoms. The normalized spacial score (nSPS) is 11.4. The van der Waals surface area contributed by atoms with Crippen LogP contribution in [0.2, 0.25) is 5.02 Å². The number of carbonyl (C=O) groups is 1. The van der Waals surface area contributed by atoms with Gasteiger partial charge in [-0.25, -0.2) is 13.4 Å². The number of unbranched alkanes of at least 4 members (excludes halogenated alkanes) is 1. The Balaban J connectivity index is 1.63.